The molecule has 0 saturated carbocycles. The number of rotatable bonds is 17. The Morgan fingerprint density at radius 2 is 0.828 bits per heavy atom. The SMILES string of the molecule is CCCCCCCCCCCCCCCCCCC1=C(Cl)C(=O)C(=O)C(Cl)=C1Cl. The molecule has 0 aliphatic heterocycles. The van der Waals surface area contributed by atoms with Crippen molar-refractivity contribution < 1.29 is 9.59 Å². The molecular formula is C24H37Cl3O2. The van der Waals surface area contributed by atoms with E-state index in [9.17, 15) is 9.59 Å². The Morgan fingerprint density at radius 1 is 0.483 bits per heavy atom. The van der Waals surface area contributed by atoms with Crippen LogP contribution in [-0.2, 0) is 9.59 Å². The molecule has 1 aliphatic rings. The van der Waals surface area contributed by atoms with Crippen molar-refractivity contribution in [3.63, 3.8) is 0 Å². The first kappa shape index (κ1) is 26.7. The third kappa shape index (κ3) is 10.5. The lowest BCUT2D eigenvalue weighted by Gasteiger charge is -2.15. The maximum Gasteiger partial charge on any atom is 0.247 e. The smallest absolute Gasteiger partial charge is 0.247 e. The Kier molecular flexibility index (Phi) is 15.1. The summed E-state index contributed by atoms with van der Waals surface area (Å²) in [6, 6.07) is 0. The third-order valence-electron chi connectivity index (χ3n) is 5.61. The van der Waals surface area contributed by atoms with E-state index in [-0.39, 0.29) is 15.1 Å². The Hall–Kier alpha value is -0.310. The van der Waals surface area contributed by atoms with Crippen LogP contribution in [0.4, 0.5) is 0 Å². The molecule has 0 N–H and O–H groups in total. The fraction of sp³-hybridized carbons (Fsp3) is 0.750. The van der Waals surface area contributed by atoms with Crippen molar-refractivity contribution in [1.29, 1.82) is 0 Å². The molecule has 29 heavy (non-hydrogen) atoms. The number of allylic oxidation sites excluding steroid dienone is 4. The van der Waals surface area contributed by atoms with Crippen molar-refractivity contribution in [3.8, 4) is 0 Å². The first-order chi connectivity index (χ1) is 14.0. The molecular weight excluding hydrogens is 427 g/mol. The zero-order chi connectivity index (χ0) is 21.5. The van der Waals surface area contributed by atoms with Gasteiger partial charge in [-0.05, 0) is 18.4 Å². The summed E-state index contributed by atoms with van der Waals surface area (Å²) >= 11 is 17.9. The number of unbranched alkanes of at least 4 members (excludes halogenated alkanes) is 15. The van der Waals surface area contributed by atoms with Gasteiger partial charge in [0.05, 0.1) is 10.1 Å². The molecule has 0 aromatic heterocycles. The van der Waals surface area contributed by atoms with Gasteiger partial charge in [0.1, 0.15) is 5.03 Å². The fourth-order valence-electron chi connectivity index (χ4n) is 3.73. The molecule has 0 unspecified atom stereocenters. The van der Waals surface area contributed by atoms with Gasteiger partial charge in [0.2, 0.25) is 11.6 Å². The van der Waals surface area contributed by atoms with E-state index in [0.29, 0.717) is 12.0 Å². The second kappa shape index (κ2) is 16.4. The van der Waals surface area contributed by atoms with Gasteiger partial charge in [-0.15, -0.1) is 0 Å². The predicted octanol–water partition coefficient (Wildman–Crippen LogP) is 8.97. The van der Waals surface area contributed by atoms with E-state index in [1.54, 1.807) is 0 Å². The number of ketones is 2. The first-order valence-electron chi connectivity index (χ1n) is 11.5. The van der Waals surface area contributed by atoms with E-state index in [1.807, 2.05) is 0 Å². The van der Waals surface area contributed by atoms with Gasteiger partial charge in [-0.2, -0.15) is 0 Å². The van der Waals surface area contributed by atoms with E-state index < -0.39 is 11.6 Å². The monoisotopic (exact) mass is 462 g/mol. The predicted molar refractivity (Wildman–Crippen MR) is 126 cm³/mol. The standard InChI is InChI=1S/C24H37Cl3O2/c1-2-3-4-5-6-7-8-9-10-11-12-13-14-15-16-17-18-19-20(25)22(27)24(29)23(28)21(19)26/h2-18H2,1H3. The molecule has 0 spiro atoms. The Bertz CT molecular complexity index is 579. The Morgan fingerprint density at radius 3 is 1.24 bits per heavy atom. The number of carbonyl (C=O) groups excluding carboxylic acids is 2. The molecule has 0 heterocycles. The van der Waals surface area contributed by atoms with Crippen LogP contribution in [0.25, 0.3) is 0 Å². The highest BCUT2D eigenvalue weighted by Crippen LogP contribution is 2.35. The summed E-state index contributed by atoms with van der Waals surface area (Å²) in [6.07, 6.45) is 21.5. The molecule has 0 fully saturated rings. The number of hydrogen-bond donors (Lipinski definition) is 0. The average molecular weight is 464 g/mol. The molecule has 0 bridgehead atoms. The number of hydrogen-bond acceptors (Lipinski definition) is 2. The van der Waals surface area contributed by atoms with Crippen LogP contribution in [0.1, 0.15) is 116 Å². The zero-order valence-electron chi connectivity index (χ0n) is 18.0. The van der Waals surface area contributed by atoms with E-state index in [0.717, 1.165) is 12.8 Å². The lowest BCUT2D eigenvalue weighted by Crippen LogP contribution is -2.20. The minimum Gasteiger partial charge on any atom is -0.284 e. The number of halogens is 3. The molecule has 0 aromatic carbocycles. The van der Waals surface area contributed by atoms with Crippen molar-refractivity contribution >= 4 is 46.4 Å². The summed E-state index contributed by atoms with van der Waals surface area (Å²) < 4.78 is 0. The molecule has 0 amide bonds. The van der Waals surface area contributed by atoms with Gasteiger partial charge >= 0.3 is 0 Å². The maximum atomic E-state index is 11.7. The highest BCUT2D eigenvalue weighted by atomic mass is 35.5. The molecule has 1 rings (SSSR count). The Labute approximate surface area is 192 Å². The lowest BCUT2D eigenvalue weighted by atomic mass is 9.98. The van der Waals surface area contributed by atoms with Gasteiger partial charge in [-0.25, -0.2) is 0 Å². The van der Waals surface area contributed by atoms with E-state index in [2.05, 4.69) is 6.92 Å². The zero-order valence-corrected chi connectivity index (χ0v) is 20.2. The van der Waals surface area contributed by atoms with Gasteiger partial charge in [0, 0.05) is 0 Å². The Balaban J connectivity index is 1.97. The topological polar surface area (TPSA) is 34.1 Å². The third-order valence-corrected chi connectivity index (χ3v) is 6.88. The average Bonchev–Trinajstić information content (AvgIpc) is 2.72. The van der Waals surface area contributed by atoms with E-state index in [4.69, 9.17) is 34.8 Å². The molecule has 0 saturated heterocycles. The van der Waals surface area contributed by atoms with Crippen LogP contribution in [0.2, 0.25) is 0 Å². The summed E-state index contributed by atoms with van der Waals surface area (Å²) in [5, 5.41) is -0.125. The molecule has 0 atom stereocenters. The van der Waals surface area contributed by atoms with Gasteiger partial charge in [0.15, 0.2) is 0 Å². The normalized spacial score (nSPS) is 15.0. The number of carbonyl (C=O) groups is 2. The minimum absolute atomic E-state index is 0.0645. The second-order valence-electron chi connectivity index (χ2n) is 8.13. The van der Waals surface area contributed by atoms with Crippen LogP contribution in [0.15, 0.2) is 20.7 Å². The van der Waals surface area contributed by atoms with Gasteiger partial charge in [0.25, 0.3) is 0 Å². The summed E-state index contributed by atoms with van der Waals surface area (Å²) in [5.41, 5.74) is 0.522. The van der Waals surface area contributed by atoms with Crippen LogP contribution >= 0.6 is 34.8 Å². The first-order valence-corrected chi connectivity index (χ1v) is 12.7. The van der Waals surface area contributed by atoms with Gasteiger partial charge in [-0.1, -0.05) is 138 Å². The van der Waals surface area contributed by atoms with Gasteiger partial charge < -0.3 is 0 Å². The molecule has 0 radical (unpaired) electrons. The summed E-state index contributed by atoms with van der Waals surface area (Å²) in [6.45, 7) is 2.27. The maximum absolute atomic E-state index is 11.7. The highest BCUT2D eigenvalue weighted by Gasteiger charge is 2.32. The van der Waals surface area contributed by atoms with Crippen LogP contribution in [0, 0.1) is 0 Å². The van der Waals surface area contributed by atoms with Crippen molar-refractivity contribution in [3.05, 3.63) is 20.7 Å². The molecule has 166 valence electrons. The molecule has 0 aromatic rings. The minimum atomic E-state index is -0.808. The summed E-state index contributed by atoms with van der Waals surface area (Å²) in [5.74, 6) is -1.55. The molecule has 5 heteroatoms. The second-order valence-corrected chi connectivity index (χ2v) is 9.27. The molecule has 2 nitrogen and oxygen atoms in total. The summed E-state index contributed by atoms with van der Waals surface area (Å²) in [4.78, 5) is 23.3. The van der Waals surface area contributed by atoms with Crippen molar-refractivity contribution in [2.24, 2.45) is 0 Å². The highest BCUT2D eigenvalue weighted by molar-refractivity contribution is 6.70. The van der Waals surface area contributed by atoms with Crippen LogP contribution in [0.3, 0.4) is 0 Å². The van der Waals surface area contributed by atoms with Crippen LogP contribution in [-0.4, -0.2) is 11.6 Å². The fourth-order valence-corrected chi connectivity index (χ4v) is 4.53. The largest absolute Gasteiger partial charge is 0.284 e. The number of Topliss-reactive ketones (excluding diaryl/α,β-unsaturated/α-hetero) is 2. The van der Waals surface area contributed by atoms with Crippen molar-refractivity contribution in [1.82, 2.24) is 0 Å². The molecule has 1 aliphatic carbocycles. The quantitative estimate of drug-likeness (QED) is 0.122. The van der Waals surface area contributed by atoms with Crippen LogP contribution < -0.4 is 0 Å². The van der Waals surface area contributed by atoms with Crippen molar-refractivity contribution in [2.75, 3.05) is 0 Å². The van der Waals surface area contributed by atoms with Crippen LogP contribution in [0.5, 0.6) is 0 Å². The summed E-state index contributed by atoms with van der Waals surface area (Å²) in [7, 11) is 0. The van der Waals surface area contributed by atoms with E-state index in [1.165, 1.54) is 89.9 Å². The lowest BCUT2D eigenvalue weighted by molar-refractivity contribution is -0.131. The van der Waals surface area contributed by atoms with E-state index >= 15 is 0 Å². The van der Waals surface area contributed by atoms with Gasteiger partial charge in [-0.3, -0.25) is 9.59 Å². The van der Waals surface area contributed by atoms with Crippen molar-refractivity contribution in [2.45, 2.75) is 116 Å².